The number of esters is 1. The first-order chi connectivity index (χ1) is 16.5. The van der Waals surface area contributed by atoms with Crippen LogP contribution in [-0.4, -0.2) is 67.2 Å². The third kappa shape index (κ3) is 5.84. The van der Waals surface area contributed by atoms with E-state index in [2.05, 4.69) is 16.3 Å². The summed E-state index contributed by atoms with van der Waals surface area (Å²) in [6.07, 6.45) is 4.97. The highest BCUT2D eigenvalue weighted by Crippen LogP contribution is 2.33. The van der Waals surface area contributed by atoms with Gasteiger partial charge >= 0.3 is 11.7 Å². The third-order valence-corrected chi connectivity index (χ3v) is 6.26. The van der Waals surface area contributed by atoms with Crippen molar-refractivity contribution in [2.24, 2.45) is 0 Å². The van der Waals surface area contributed by atoms with Gasteiger partial charge in [-0.25, -0.2) is 9.59 Å². The van der Waals surface area contributed by atoms with Gasteiger partial charge in [-0.1, -0.05) is 6.58 Å². The number of nitrogens with one attached hydrogen (secondary N) is 1. The molecule has 0 saturated carbocycles. The summed E-state index contributed by atoms with van der Waals surface area (Å²) < 4.78 is 35.6. The minimum atomic E-state index is -0.766. The van der Waals surface area contributed by atoms with E-state index in [1.807, 2.05) is 0 Å². The Bertz CT molecular complexity index is 975. The number of carbonyl (C=O) groups excluding carboxylic acids is 1. The molecular formula is C23H32N2O9. The Morgan fingerprint density at radius 2 is 1.85 bits per heavy atom. The van der Waals surface area contributed by atoms with E-state index < -0.39 is 35.7 Å². The van der Waals surface area contributed by atoms with Crippen molar-refractivity contribution in [1.29, 1.82) is 0 Å². The number of hydrogen-bond acceptors (Lipinski definition) is 9. The van der Waals surface area contributed by atoms with Gasteiger partial charge < -0.3 is 28.4 Å². The summed E-state index contributed by atoms with van der Waals surface area (Å²) in [4.78, 5) is 39.0. The van der Waals surface area contributed by atoms with E-state index in [0.717, 1.165) is 38.5 Å². The first-order valence-electron chi connectivity index (χ1n) is 11.7. The second-order valence-electron chi connectivity index (χ2n) is 8.64. The van der Waals surface area contributed by atoms with Crippen molar-refractivity contribution < 1.29 is 33.2 Å². The summed E-state index contributed by atoms with van der Waals surface area (Å²) in [6.45, 7) is 5.13. The number of rotatable bonds is 8. The molecule has 0 bridgehead atoms. The predicted octanol–water partition coefficient (Wildman–Crippen LogP) is 1.47. The second kappa shape index (κ2) is 11.4. The molecule has 34 heavy (non-hydrogen) atoms. The van der Waals surface area contributed by atoms with Crippen molar-refractivity contribution in [1.82, 2.24) is 9.55 Å². The summed E-state index contributed by atoms with van der Waals surface area (Å²) >= 11 is 0. The quantitative estimate of drug-likeness (QED) is 0.434. The molecule has 4 heterocycles. The minimum absolute atomic E-state index is 0.0709. The van der Waals surface area contributed by atoms with Gasteiger partial charge in [-0.15, -0.1) is 0 Å². The molecule has 1 aromatic rings. The highest BCUT2D eigenvalue weighted by Gasteiger charge is 2.40. The Balaban J connectivity index is 1.52. The molecule has 0 spiro atoms. The zero-order valence-corrected chi connectivity index (χ0v) is 19.4. The molecule has 3 aliphatic heterocycles. The van der Waals surface area contributed by atoms with Crippen LogP contribution in [0.3, 0.4) is 0 Å². The number of H-pyrrole nitrogens is 1. The standard InChI is InChI=1S/C23H32N2O9/c1-14(22(27)29-2)15-12-25(23(28)24-21(15)26)18-11-16(34-20-8-4-6-10-31-20)17(33-18)13-32-19-7-3-5-9-30-19/h12,16-20H,1,3-11,13H2,2H3,(H,24,26,28)/t16-,17+,18+,19?,20?/m0/s1. The van der Waals surface area contributed by atoms with Gasteiger partial charge in [-0.2, -0.15) is 0 Å². The topological polar surface area (TPSA) is 127 Å². The molecule has 11 heteroatoms. The number of aromatic nitrogens is 2. The molecule has 0 radical (unpaired) electrons. The molecule has 0 aliphatic carbocycles. The zero-order valence-electron chi connectivity index (χ0n) is 19.4. The first-order valence-corrected chi connectivity index (χ1v) is 11.7. The monoisotopic (exact) mass is 480 g/mol. The van der Waals surface area contributed by atoms with Crippen molar-refractivity contribution in [3.8, 4) is 0 Å². The average molecular weight is 481 g/mol. The van der Waals surface area contributed by atoms with E-state index in [1.165, 1.54) is 17.9 Å². The molecule has 0 aromatic carbocycles. The number of carbonyl (C=O) groups is 1. The lowest BCUT2D eigenvalue weighted by molar-refractivity contribution is -0.216. The summed E-state index contributed by atoms with van der Waals surface area (Å²) in [5.74, 6) is -0.766. The fraction of sp³-hybridized carbons (Fsp3) is 0.696. The molecule has 2 unspecified atom stereocenters. The first kappa shape index (κ1) is 24.8. The molecule has 3 saturated heterocycles. The Kier molecular flexibility index (Phi) is 8.32. The van der Waals surface area contributed by atoms with Crippen LogP contribution in [0.5, 0.6) is 0 Å². The van der Waals surface area contributed by atoms with Crippen LogP contribution in [0.15, 0.2) is 22.4 Å². The second-order valence-corrected chi connectivity index (χ2v) is 8.64. The lowest BCUT2D eigenvalue weighted by Gasteiger charge is -2.29. The van der Waals surface area contributed by atoms with Crippen LogP contribution in [0.1, 0.15) is 56.7 Å². The molecule has 3 aliphatic rings. The largest absolute Gasteiger partial charge is 0.465 e. The normalized spacial score (nSPS) is 29.6. The fourth-order valence-corrected chi connectivity index (χ4v) is 4.37. The molecular weight excluding hydrogens is 448 g/mol. The maximum absolute atomic E-state index is 12.6. The lowest BCUT2D eigenvalue weighted by Crippen LogP contribution is -2.36. The van der Waals surface area contributed by atoms with E-state index in [9.17, 15) is 14.4 Å². The van der Waals surface area contributed by atoms with Crippen LogP contribution in [0.2, 0.25) is 0 Å². The van der Waals surface area contributed by atoms with Gasteiger partial charge in [-0.3, -0.25) is 14.3 Å². The van der Waals surface area contributed by atoms with Crippen molar-refractivity contribution >= 4 is 11.5 Å². The van der Waals surface area contributed by atoms with Gasteiger partial charge in [0.05, 0.1) is 31.0 Å². The van der Waals surface area contributed by atoms with Crippen LogP contribution in [0, 0.1) is 0 Å². The van der Waals surface area contributed by atoms with E-state index in [4.69, 9.17) is 23.7 Å². The average Bonchev–Trinajstić information content (AvgIpc) is 3.25. The molecule has 1 N–H and O–H groups in total. The van der Waals surface area contributed by atoms with Gasteiger partial charge in [0.1, 0.15) is 12.3 Å². The number of nitrogens with zero attached hydrogens (tertiary/aromatic N) is 1. The number of methoxy groups -OCH3 is 1. The van der Waals surface area contributed by atoms with Crippen molar-refractivity contribution in [2.75, 3.05) is 26.9 Å². The van der Waals surface area contributed by atoms with E-state index in [-0.39, 0.29) is 30.3 Å². The zero-order chi connectivity index (χ0) is 24.1. The Morgan fingerprint density at radius 1 is 1.15 bits per heavy atom. The molecule has 188 valence electrons. The molecule has 4 rings (SSSR count). The van der Waals surface area contributed by atoms with Crippen molar-refractivity contribution in [2.45, 2.75) is 76.0 Å². The molecule has 11 nitrogen and oxygen atoms in total. The van der Waals surface area contributed by atoms with E-state index in [0.29, 0.717) is 19.6 Å². The summed E-state index contributed by atoms with van der Waals surface area (Å²) in [5.41, 5.74) is -1.62. The number of ether oxygens (including phenoxy) is 6. The maximum atomic E-state index is 12.6. The number of aromatic amines is 1. The minimum Gasteiger partial charge on any atom is -0.465 e. The van der Waals surface area contributed by atoms with Crippen molar-refractivity contribution in [3.05, 3.63) is 39.2 Å². The highest BCUT2D eigenvalue weighted by atomic mass is 16.7. The third-order valence-electron chi connectivity index (χ3n) is 6.26. The Labute approximate surface area is 196 Å². The van der Waals surface area contributed by atoms with Gasteiger partial charge in [-0.05, 0) is 38.5 Å². The smallest absolute Gasteiger partial charge is 0.338 e. The van der Waals surface area contributed by atoms with Gasteiger partial charge in [0, 0.05) is 25.8 Å². The van der Waals surface area contributed by atoms with Crippen LogP contribution >= 0.6 is 0 Å². The maximum Gasteiger partial charge on any atom is 0.338 e. The molecule has 5 atom stereocenters. The number of hydrogen-bond donors (Lipinski definition) is 1. The van der Waals surface area contributed by atoms with E-state index in [1.54, 1.807) is 0 Å². The predicted molar refractivity (Wildman–Crippen MR) is 119 cm³/mol. The highest BCUT2D eigenvalue weighted by molar-refractivity contribution is 6.15. The fourth-order valence-electron chi connectivity index (χ4n) is 4.37. The molecule has 1 aromatic heterocycles. The van der Waals surface area contributed by atoms with E-state index >= 15 is 0 Å². The Morgan fingerprint density at radius 3 is 2.50 bits per heavy atom. The summed E-state index contributed by atoms with van der Waals surface area (Å²) in [6, 6.07) is 0. The van der Waals surface area contributed by atoms with Crippen LogP contribution in [0.25, 0.3) is 5.57 Å². The SMILES string of the molecule is C=C(C(=O)OC)c1cn([C@H]2C[C@H](OC3CCCCO3)[C@@H](COC3CCCCO3)O2)c(=O)[nH]c1=O. The van der Waals surface area contributed by atoms with Crippen LogP contribution < -0.4 is 11.2 Å². The lowest BCUT2D eigenvalue weighted by atomic mass is 10.1. The molecule has 3 fully saturated rings. The van der Waals surface area contributed by atoms with Gasteiger partial charge in [0.2, 0.25) is 0 Å². The Hall–Kier alpha value is -2.31. The van der Waals surface area contributed by atoms with Gasteiger partial charge in [0.25, 0.3) is 5.56 Å². The van der Waals surface area contributed by atoms with Crippen LogP contribution in [-0.2, 0) is 33.2 Å². The van der Waals surface area contributed by atoms with Crippen LogP contribution in [0.4, 0.5) is 0 Å². The van der Waals surface area contributed by atoms with Crippen molar-refractivity contribution in [3.63, 3.8) is 0 Å². The molecule has 0 amide bonds. The van der Waals surface area contributed by atoms with Gasteiger partial charge in [0.15, 0.2) is 12.6 Å². The summed E-state index contributed by atoms with van der Waals surface area (Å²) in [5, 5.41) is 0. The summed E-state index contributed by atoms with van der Waals surface area (Å²) in [7, 11) is 1.19.